The van der Waals surface area contributed by atoms with Crippen LogP contribution in [-0.2, 0) is 0 Å². The lowest BCUT2D eigenvalue weighted by molar-refractivity contribution is 0.472. The van der Waals surface area contributed by atoms with Gasteiger partial charge in [-0.1, -0.05) is 87.1 Å². The fraction of sp³-hybridized carbons (Fsp3) is 0.316. The molecule has 0 radical (unpaired) electrons. The fourth-order valence-electron chi connectivity index (χ4n) is 5.21. The molecule has 0 amide bonds. The van der Waals surface area contributed by atoms with Gasteiger partial charge in [0.15, 0.2) is 0 Å². The highest BCUT2D eigenvalue weighted by atomic mass is 16.3. The number of aromatic hydroxyl groups is 2. The van der Waals surface area contributed by atoms with Crippen molar-refractivity contribution in [2.24, 2.45) is 10.2 Å². The highest BCUT2D eigenvalue weighted by Crippen LogP contribution is 2.24. The zero-order valence-electron chi connectivity index (χ0n) is 26.1. The fourth-order valence-corrected chi connectivity index (χ4v) is 5.21. The van der Waals surface area contributed by atoms with E-state index >= 15 is 0 Å². The molecule has 0 heterocycles. The number of phenolic OH excluding ortho intramolecular Hbond substituents is 2. The molecule has 0 atom stereocenters. The molecule has 0 bridgehead atoms. The summed E-state index contributed by atoms with van der Waals surface area (Å²) < 4.78 is 0. The smallest absolute Gasteiger partial charge is 0.124 e. The molecule has 0 spiro atoms. The third kappa shape index (κ3) is 10.6. The van der Waals surface area contributed by atoms with Crippen LogP contribution in [0.25, 0.3) is 0 Å². The maximum atomic E-state index is 10.6. The van der Waals surface area contributed by atoms with E-state index in [1.807, 2.05) is 98.8 Å². The van der Waals surface area contributed by atoms with Crippen LogP contribution in [0.15, 0.2) is 107 Å². The number of nitrogens with zero attached hydrogens (tertiary/aromatic N) is 2. The van der Waals surface area contributed by atoms with Gasteiger partial charge < -0.3 is 10.2 Å². The lowest BCUT2D eigenvalue weighted by Gasteiger charge is -2.11. The van der Waals surface area contributed by atoms with Crippen molar-refractivity contribution in [3.63, 3.8) is 0 Å². The molecule has 0 saturated heterocycles. The van der Waals surface area contributed by atoms with E-state index < -0.39 is 0 Å². The molecule has 0 aliphatic heterocycles. The molecule has 0 aliphatic carbocycles. The monoisotopic (exact) mass is 590 g/mol. The Kier molecular flexibility index (Phi) is 12.9. The van der Waals surface area contributed by atoms with Gasteiger partial charge in [0.2, 0.25) is 0 Å². The summed E-state index contributed by atoms with van der Waals surface area (Å²) >= 11 is 0. The Labute approximate surface area is 262 Å². The molecule has 0 aromatic heterocycles. The van der Waals surface area contributed by atoms with Crippen LogP contribution in [0.3, 0.4) is 0 Å². The summed E-state index contributed by atoms with van der Waals surface area (Å²) in [7, 11) is 0. The van der Waals surface area contributed by atoms with E-state index in [9.17, 15) is 10.2 Å². The normalized spacial score (nSPS) is 11.9. The number of phenols is 2. The minimum absolute atomic E-state index is 0.278. The van der Waals surface area contributed by atoms with Gasteiger partial charge in [0.25, 0.3) is 0 Å². The standard InChI is InChI=1S/C38H46N4O2/c1-29-23-25-33(37(43)27-29)35(41-39-31-17-11-9-12-18-31)21-15-7-5-3-4-6-8-16-22-36(34-26-24-30(2)28-38(34)44)42-40-32-19-13-10-14-20-32/h9-14,17-20,23-28,39-40,43-44H,3-8,15-16,21-22H2,1-2H3/b41-35-,42-36+. The molecule has 0 saturated carbocycles. The number of benzene rings is 4. The summed E-state index contributed by atoms with van der Waals surface area (Å²) in [6.45, 7) is 3.96. The van der Waals surface area contributed by atoms with Gasteiger partial charge in [-0.2, -0.15) is 10.2 Å². The van der Waals surface area contributed by atoms with Crippen molar-refractivity contribution in [1.82, 2.24) is 0 Å². The van der Waals surface area contributed by atoms with E-state index in [2.05, 4.69) is 21.1 Å². The van der Waals surface area contributed by atoms with Crippen LogP contribution in [0.2, 0.25) is 0 Å². The summed E-state index contributed by atoms with van der Waals surface area (Å²) in [6.07, 6.45) is 10.7. The topological polar surface area (TPSA) is 89.2 Å². The van der Waals surface area contributed by atoms with Crippen LogP contribution in [0.4, 0.5) is 11.4 Å². The minimum atomic E-state index is 0.278. The number of unbranched alkanes of at least 4 members (excludes halogenated alkanes) is 7. The lowest BCUT2D eigenvalue weighted by atomic mass is 9.99. The number of para-hydroxylation sites is 2. The molecule has 0 aliphatic rings. The van der Waals surface area contributed by atoms with Crippen LogP contribution in [0.1, 0.15) is 86.5 Å². The number of rotatable bonds is 17. The number of anilines is 2. The van der Waals surface area contributed by atoms with Crippen LogP contribution in [0, 0.1) is 13.8 Å². The van der Waals surface area contributed by atoms with Crippen molar-refractivity contribution in [2.75, 3.05) is 10.9 Å². The van der Waals surface area contributed by atoms with Gasteiger partial charge in [-0.25, -0.2) is 0 Å². The summed E-state index contributed by atoms with van der Waals surface area (Å²) in [4.78, 5) is 0. The van der Waals surface area contributed by atoms with Crippen molar-refractivity contribution in [3.05, 3.63) is 119 Å². The van der Waals surface area contributed by atoms with Crippen molar-refractivity contribution < 1.29 is 10.2 Å². The van der Waals surface area contributed by atoms with Crippen molar-refractivity contribution in [3.8, 4) is 11.5 Å². The van der Waals surface area contributed by atoms with E-state index in [1.54, 1.807) is 12.1 Å². The number of hydrogen-bond acceptors (Lipinski definition) is 6. The Morgan fingerprint density at radius 1 is 0.500 bits per heavy atom. The molecular weight excluding hydrogens is 544 g/mol. The molecule has 0 fully saturated rings. The van der Waals surface area contributed by atoms with Crippen LogP contribution in [0.5, 0.6) is 11.5 Å². The number of nitrogens with one attached hydrogen (secondary N) is 2. The Hall–Kier alpha value is -4.58. The number of aryl methyl sites for hydroxylation is 2. The zero-order chi connectivity index (χ0) is 31.0. The SMILES string of the molecule is Cc1ccc(/C(CCCCCCCCCC/C(=N\Nc2ccccc2)c2ccc(C)cc2O)=N\Nc2ccccc2)c(O)c1. The first kappa shape index (κ1) is 32.3. The van der Waals surface area contributed by atoms with Gasteiger partial charge in [0.05, 0.1) is 22.8 Å². The number of hydrogen-bond donors (Lipinski definition) is 4. The van der Waals surface area contributed by atoms with Gasteiger partial charge in [-0.15, -0.1) is 0 Å². The predicted octanol–water partition coefficient (Wildman–Crippen LogP) is 9.95. The quantitative estimate of drug-likeness (QED) is 0.0560. The Morgan fingerprint density at radius 3 is 1.23 bits per heavy atom. The molecule has 0 unspecified atom stereocenters. The molecule has 230 valence electrons. The Balaban J connectivity index is 1.19. The summed E-state index contributed by atoms with van der Waals surface area (Å²) in [5.41, 5.74) is 13.6. The molecule has 6 nitrogen and oxygen atoms in total. The third-order valence-corrected chi connectivity index (χ3v) is 7.69. The maximum absolute atomic E-state index is 10.6. The average Bonchev–Trinajstić information content (AvgIpc) is 3.02. The van der Waals surface area contributed by atoms with Crippen molar-refractivity contribution in [1.29, 1.82) is 0 Å². The largest absolute Gasteiger partial charge is 0.507 e. The van der Waals surface area contributed by atoms with Gasteiger partial charge in [0, 0.05) is 11.1 Å². The highest BCUT2D eigenvalue weighted by Gasteiger charge is 2.11. The van der Waals surface area contributed by atoms with Crippen molar-refractivity contribution in [2.45, 2.75) is 78.1 Å². The van der Waals surface area contributed by atoms with Gasteiger partial charge in [0.1, 0.15) is 11.5 Å². The van der Waals surface area contributed by atoms with E-state index in [0.29, 0.717) is 0 Å². The first-order chi connectivity index (χ1) is 21.5. The van der Waals surface area contributed by atoms with Gasteiger partial charge in [-0.3, -0.25) is 10.9 Å². The molecule has 4 aromatic rings. The van der Waals surface area contributed by atoms with Crippen LogP contribution in [-0.4, -0.2) is 21.6 Å². The molecule has 6 heteroatoms. The Morgan fingerprint density at radius 2 is 0.864 bits per heavy atom. The second-order valence-electron chi connectivity index (χ2n) is 11.4. The minimum Gasteiger partial charge on any atom is -0.507 e. The average molecular weight is 591 g/mol. The van der Waals surface area contributed by atoms with Gasteiger partial charge >= 0.3 is 0 Å². The zero-order valence-corrected chi connectivity index (χ0v) is 26.1. The molecular formula is C38H46N4O2. The van der Waals surface area contributed by atoms with Crippen LogP contribution >= 0.6 is 0 Å². The second kappa shape index (κ2) is 17.5. The second-order valence-corrected chi connectivity index (χ2v) is 11.4. The highest BCUT2D eigenvalue weighted by molar-refractivity contribution is 6.03. The van der Waals surface area contributed by atoms with E-state index in [0.717, 1.165) is 83.6 Å². The number of hydrazone groups is 2. The van der Waals surface area contributed by atoms with Crippen molar-refractivity contribution >= 4 is 22.8 Å². The third-order valence-electron chi connectivity index (χ3n) is 7.69. The van der Waals surface area contributed by atoms with E-state index in [1.165, 1.54) is 25.7 Å². The molecule has 4 aromatic carbocycles. The molecule has 4 rings (SSSR count). The van der Waals surface area contributed by atoms with E-state index in [-0.39, 0.29) is 11.5 Å². The molecule has 4 N–H and O–H groups in total. The molecule has 44 heavy (non-hydrogen) atoms. The van der Waals surface area contributed by atoms with Crippen LogP contribution < -0.4 is 10.9 Å². The first-order valence-electron chi connectivity index (χ1n) is 15.8. The summed E-state index contributed by atoms with van der Waals surface area (Å²) in [5, 5.41) is 30.5. The summed E-state index contributed by atoms with van der Waals surface area (Å²) in [6, 6.07) is 31.4. The van der Waals surface area contributed by atoms with E-state index in [4.69, 9.17) is 0 Å². The Bertz CT molecular complexity index is 1390. The first-order valence-corrected chi connectivity index (χ1v) is 15.8. The summed E-state index contributed by atoms with van der Waals surface area (Å²) in [5.74, 6) is 0.556. The predicted molar refractivity (Wildman–Crippen MR) is 185 cm³/mol. The van der Waals surface area contributed by atoms with Gasteiger partial charge in [-0.05, 0) is 99.2 Å². The maximum Gasteiger partial charge on any atom is 0.124 e. The lowest BCUT2D eigenvalue weighted by Crippen LogP contribution is -2.06.